The Morgan fingerprint density at radius 3 is 2.59 bits per heavy atom. The fraction of sp³-hybridized carbons (Fsp3) is 0.364. The quantitative estimate of drug-likeness (QED) is 0.539. The zero-order chi connectivity index (χ0) is 24.0. The number of halogens is 5. The maximum absolute atomic E-state index is 13.8. The number of alkyl halides is 4. The summed E-state index contributed by atoms with van der Waals surface area (Å²) in [4.78, 5) is 8.21. The molecule has 2 fully saturated rings. The van der Waals surface area contributed by atoms with Gasteiger partial charge in [-0.3, -0.25) is 0 Å². The van der Waals surface area contributed by atoms with Gasteiger partial charge in [-0.25, -0.2) is 18.7 Å². The molecule has 2 aliphatic heterocycles. The normalized spacial score (nSPS) is 24.3. The zero-order valence-corrected chi connectivity index (χ0v) is 17.6. The third-order valence-corrected chi connectivity index (χ3v) is 5.69. The third-order valence-electron chi connectivity index (χ3n) is 5.69. The number of nitrogens with zero attached hydrogens (tertiary/aromatic N) is 2. The Morgan fingerprint density at radius 1 is 1.03 bits per heavy atom. The summed E-state index contributed by atoms with van der Waals surface area (Å²) in [5.74, 6) is -0.440. The Labute approximate surface area is 189 Å². The lowest BCUT2D eigenvalue weighted by atomic mass is 10.1. The van der Waals surface area contributed by atoms with E-state index in [1.807, 2.05) is 0 Å². The molecule has 0 bridgehead atoms. The molecule has 2 saturated heterocycles. The lowest BCUT2D eigenvalue weighted by Gasteiger charge is -2.20. The largest absolute Gasteiger partial charge is 0.493 e. The van der Waals surface area contributed by atoms with Crippen molar-refractivity contribution in [3.8, 4) is 11.5 Å². The molecule has 4 atom stereocenters. The third kappa shape index (κ3) is 4.07. The second-order valence-electron chi connectivity index (χ2n) is 7.82. The van der Waals surface area contributed by atoms with Gasteiger partial charge in [-0.15, -0.1) is 0 Å². The minimum absolute atomic E-state index is 0.0515. The van der Waals surface area contributed by atoms with Crippen LogP contribution < -0.4 is 14.8 Å². The molecule has 0 aliphatic carbocycles. The number of anilines is 2. The zero-order valence-electron chi connectivity index (χ0n) is 17.6. The number of rotatable bonds is 5. The van der Waals surface area contributed by atoms with Crippen molar-refractivity contribution in [2.45, 2.75) is 30.7 Å². The van der Waals surface area contributed by atoms with Gasteiger partial charge in [0.25, 0.3) is 0 Å². The first kappa shape index (κ1) is 22.5. The maximum atomic E-state index is 13.8. The van der Waals surface area contributed by atoms with E-state index in [2.05, 4.69) is 15.3 Å². The van der Waals surface area contributed by atoms with E-state index in [0.29, 0.717) is 17.0 Å². The van der Waals surface area contributed by atoms with E-state index in [9.17, 15) is 22.0 Å². The van der Waals surface area contributed by atoms with Crippen LogP contribution in [-0.2, 0) is 15.7 Å². The smallest absolute Gasteiger partial charge is 0.418 e. The van der Waals surface area contributed by atoms with Crippen molar-refractivity contribution in [1.82, 2.24) is 9.97 Å². The SMILES string of the molecule is COc1cc2c(Nc3ccc(F)cc3C(F)(F)F)ncnc2cc1O[C@@H]1CO[C@@H]2C1OC[C@H]2F. The summed E-state index contributed by atoms with van der Waals surface area (Å²) < 4.78 is 89.8. The van der Waals surface area contributed by atoms with E-state index in [0.717, 1.165) is 12.1 Å². The van der Waals surface area contributed by atoms with Crippen LogP contribution in [0.3, 0.4) is 0 Å². The van der Waals surface area contributed by atoms with Gasteiger partial charge >= 0.3 is 6.18 Å². The molecule has 34 heavy (non-hydrogen) atoms. The van der Waals surface area contributed by atoms with Crippen molar-refractivity contribution in [3.05, 3.63) is 48.0 Å². The molecule has 3 heterocycles. The van der Waals surface area contributed by atoms with Gasteiger partial charge in [-0.05, 0) is 24.3 Å². The van der Waals surface area contributed by atoms with E-state index in [-0.39, 0.29) is 36.2 Å². The molecule has 7 nitrogen and oxygen atoms in total. The first-order chi connectivity index (χ1) is 16.2. The Balaban J connectivity index is 1.48. The van der Waals surface area contributed by atoms with Crippen LogP contribution in [0.25, 0.3) is 10.9 Å². The average Bonchev–Trinajstić information content (AvgIpc) is 3.37. The van der Waals surface area contributed by atoms with E-state index >= 15 is 0 Å². The van der Waals surface area contributed by atoms with Crippen LogP contribution >= 0.6 is 0 Å². The van der Waals surface area contributed by atoms with Crippen LogP contribution in [0.2, 0.25) is 0 Å². The number of hydrogen-bond donors (Lipinski definition) is 1. The average molecular weight is 483 g/mol. The highest BCUT2D eigenvalue weighted by Crippen LogP contribution is 2.40. The van der Waals surface area contributed by atoms with Crippen molar-refractivity contribution in [3.63, 3.8) is 0 Å². The molecule has 1 unspecified atom stereocenters. The van der Waals surface area contributed by atoms with Gasteiger partial charge in [0.15, 0.2) is 23.8 Å². The topological polar surface area (TPSA) is 74.7 Å². The summed E-state index contributed by atoms with van der Waals surface area (Å²) in [6.07, 6.45) is -6.70. The molecular weight excluding hydrogens is 465 g/mol. The molecule has 2 aromatic carbocycles. The number of hydrogen-bond acceptors (Lipinski definition) is 7. The van der Waals surface area contributed by atoms with E-state index in [1.54, 1.807) is 0 Å². The molecule has 1 N–H and O–H groups in total. The second kappa shape index (κ2) is 8.51. The first-order valence-electron chi connectivity index (χ1n) is 10.2. The van der Waals surface area contributed by atoms with Crippen LogP contribution in [0, 0.1) is 5.82 Å². The number of ether oxygens (including phenoxy) is 4. The minimum atomic E-state index is -4.78. The van der Waals surface area contributed by atoms with Crippen LogP contribution in [0.5, 0.6) is 11.5 Å². The highest BCUT2D eigenvalue weighted by atomic mass is 19.4. The van der Waals surface area contributed by atoms with Gasteiger partial charge < -0.3 is 24.3 Å². The van der Waals surface area contributed by atoms with Crippen LogP contribution in [0.15, 0.2) is 36.7 Å². The first-order valence-corrected chi connectivity index (χ1v) is 10.2. The number of fused-ring (bicyclic) bond motifs is 2. The molecule has 180 valence electrons. The summed E-state index contributed by atoms with van der Waals surface area (Å²) in [6.45, 7) is 0.0495. The minimum Gasteiger partial charge on any atom is -0.493 e. The Morgan fingerprint density at radius 2 is 1.82 bits per heavy atom. The number of aromatic nitrogens is 2. The summed E-state index contributed by atoms with van der Waals surface area (Å²) in [5, 5.41) is 2.95. The van der Waals surface area contributed by atoms with Crippen LogP contribution in [0.4, 0.5) is 33.5 Å². The van der Waals surface area contributed by atoms with Crippen molar-refractivity contribution < 1.29 is 40.9 Å². The molecule has 0 spiro atoms. The molecule has 1 aromatic heterocycles. The lowest BCUT2D eigenvalue weighted by Crippen LogP contribution is -2.33. The highest BCUT2D eigenvalue weighted by Gasteiger charge is 2.49. The van der Waals surface area contributed by atoms with Gasteiger partial charge in [0.2, 0.25) is 0 Å². The standard InChI is InChI=1S/C22H18F5N3O4/c1-31-16-5-11-15(6-17(16)34-18-8-33-19-13(24)7-32-20(18)19)28-9-29-21(11)30-14-3-2-10(23)4-12(14)22(25,26)27/h2-6,9,13,18-20H,7-8H2,1H3,(H,28,29,30)/t13-,18-,19+,20?/m1/s1. The van der Waals surface area contributed by atoms with Crippen LogP contribution in [0.1, 0.15) is 5.56 Å². The van der Waals surface area contributed by atoms with Crippen molar-refractivity contribution in [2.75, 3.05) is 25.6 Å². The fourth-order valence-electron chi connectivity index (χ4n) is 4.08. The predicted octanol–water partition coefficient (Wildman–Crippen LogP) is 4.42. The monoisotopic (exact) mass is 483 g/mol. The van der Waals surface area contributed by atoms with Gasteiger partial charge in [0.1, 0.15) is 30.2 Å². The van der Waals surface area contributed by atoms with Crippen molar-refractivity contribution in [2.24, 2.45) is 0 Å². The predicted molar refractivity (Wildman–Crippen MR) is 110 cm³/mol. The van der Waals surface area contributed by atoms with Gasteiger partial charge in [-0.1, -0.05) is 0 Å². The van der Waals surface area contributed by atoms with Crippen molar-refractivity contribution >= 4 is 22.4 Å². The molecular formula is C22H18F5N3O4. The molecule has 0 radical (unpaired) electrons. The summed E-state index contributed by atoms with van der Waals surface area (Å²) >= 11 is 0. The lowest BCUT2D eigenvalue weighted by molar-refractivity contribution is -0.137. The number of benzene rings is 2. The Hall–Kier alpha value is -3.25. The number of nitrogens with one attached hydrogen (secondary N) is 1. The molecule has 12 heteroatoms. The second-order valence-corrected chi connectivity index (χ2v) is 7.82. The summed E-state index contributed by atoms with van der Waals surface area (Å²) in [6, 6.07) is 5.34. The summed E-state index contributed by atoms with van der Waals surface area (Å²) in [5.41, 5.74) is -1.21. The molecule has 0 amide bonds. The fourth-order valence-corrected chi connectivity index (χ4v) is 4.08. The summed E-state index contributed by atoms with van der Waals surface area (Å²) in [7, 11) is 1.39. The van der Waals surface area contributed by atoms with Gasteiger partial charge in [-0.2, -0.15) is 13.2 Å². The molecule has 0 saturated carbocycles. The van der Waals surface area contributed by atoms with Gasteiger partial charge in [0, 0.05) is 11.5 Å². The van der Waals surface area contributed by atoms with Gasteiger partial charge in [0.05, 0.1) is 37.1 Å². The molecule has 3 aromatic rings. The molecule has 2 aliphatic rings. The van der Waals surface area contributed by atoms with E-state index in [4.69, 9.17) is 18.9 Å². The van der Waals surface area contributed by atoms with E-state index < -0.39 is 42.0 Å². The van der Waals surface area contributed by atoms with E-state index in [1.165, 1.54) is 25.6 Å². The Kier molecular flexibility index (Phi) is 5.64. The van der Waals surface area contributed by atoms with Crippen LogP contribution in [-0.4, -0.2) is 54.8 Å². The maximum Gasteiger partial charge on any atom is 0.418 e. The number of methoxy groups -OCH3 is 1. The highest BCUT2D eigenvalue weighted by molar-refractivity contribution is 5.93. The Bertz CT molecular complexity index is 1230. The molecule has 5 rings (SSSR count). The van der Waals surface area contributed by atoms with Crippen molar-refractivity contribution in [1.29, 1.82) is 0 Å².